The van der Waals surface area contributed by atoms with Crippen molar-refractivity contribution in [3.8, 4) is 5.75 Å². The largest absolute Gasteiger partial charge is 0.487 e. The molecule has 27 heavy (non-hydrogen) atoms. The number of nitrogens with zero attached hydrogens (tertiary/aromatic N) is 1. The van der Waals surface area contributed by atoms with E-state index >= 15 is 0 Å². The van der Waals surface area contributed by atoms with E-state index in [-0.39, 0.29) is 23.8 Å². The van der Waals surface area contributed by atoms with Gasteiger partial charge in [0.1, 0.15) is 0 Å². The van der Waals surface area contributed by atoms with Crippen LogP contribution in [0.1, 0.15) is 28.8 Å². The Morgan fingerprint density at radius 3 is 2.85 bits per heavy atom. The van der Waals surface area contributed by atoms with Crippen LogP contribution in [0.15, 0.2) is 48.7 Å². The zero-order valence-corrected chi connectivity index (χ0v) is 14.5. The summed E-state index contributed by atoms with van der Waals surface area (Å²) >= 11 is 0. The Labute approximate surface area is 155 Å². The summed E-state index contributed by atoms with van der Waals surface area (Å²) in [6.07, 6.45) is 3.74. The molecule has 1 N–H and O–H groups in total. The maximum Gasteiger partial charge on any atom is 0.251 e. The van der Waals surface area contributed by atoms with E-state index in [1.807, 2.05) is 6.07 Å². The normalized spacial score (nSPS) is 13.6. The molecule has 138 valence electrons. The molecule has 2 aromatic carbocycles. The van der Waals surface area contributed by atoms with E-state index in [0.717, 1.165) is 29.8 Å². The van der Waals surface area contributed by atoms with Crippen molar-refractivity contribution in [1.82, 2.24) is 10.3 Å². The van der Waals surface area contributed by atoms with Gasteiger partial charge in [-0.25, -0.2) is 8.78 Å². The topological polar surface area (TPSA) is 51.2 Å². The number of hydrogen-bond acceptors (Lipinski definition) is 3. The Balaban J connectivity index is 1.46. The molecule has 6 heteroatoms. The molecule has 0 radical (unpaired) electrons. The van der Waals surface area contributed by atoms with E-state index < -0.39 is 11.6 Å². The molecule has 1 aliphatic rings. The fourth-order valence-corrected chi connectivity index (χ4v) is 2.82. The number of aromatic nitrogens is 1. The van der Waals surface area contributed by atoms with E-state index in [1.54, 1.807) is 30.5 Å². The molecule has 1 aliphatic carbocycles. The highest BCUT2D eigenvalue weighted by atomic mass is 19.1. The first-order valence-electron chi connectivity index (χ1n) is 8.84. The van der Waals surface area contributed by atoms with E-state index in [0.29, 0.717) is 18.1 Å². The average Bonchev–Trinajstić information content (AvgIpc) is 3.51. The molecule has 1 saturated carbocycles. The third-order valence-electron chi connectivity index (χ3n) is 4.59. The van der Waals surface area contributed by atoms with Gasteiger partial charge in [-0.1, -0.05) is 12.1 Å². The molecule has 1 aromatic heterocycles. The Bertz CT molecular complexity index is 1000. The van der Waals surface area contributed by atoms with Crippen molar-refractivity contribution < 1.29 is 18.3 Å². The van der Waals surface area contributed by atoms with Crippen LogP contribution in [0.3, 0.4) is 0 Å². The van der Waals surface area contributed by atoms with E-state index in [1.165, 1.54) is 6.07 Å². The maximum absolute atomic E-state index is 14.5. The van der Waals surface area contributed by atoms with Gasteiger partial charge < -0.3 is 10.1 Å². The highest BCUT2D eigenvalue weighted by molar-refractivity contribution is 5.97. The number of carbonyl (C=O) groups excluding carboxylic acids is 1. The summed E-state index contributed by atoms with van der Waals surface area (Å²) in [6.45, 7) is 0.255. The number of hydrogen-bond donors (Lipinski definition) is 1. The first kappa shape index (κ1) is 17.4. The zero-order chi connectivity index (χ0) is 18.8. The average molecular weight is 368 g/mol. The lowest BCUT2D eigenvalue weighted by atomic mass is 10.1. The van der Waals surface area contributed by atoms with Crippen molar-refractivity contribution in [2.24, 2.45) is 5.92 Å². The molecule has 0 aliphatic heterocycles. The second-order valence-electron chi connectivity index (χ2n) is 6.70. The highest BCUT2D eigenvalue weighted by Gasteiger charge is 2.24. The second kappa shape index (κ2) is 7.31. The first-order valence-corrected chi connectivity index (χ1v) is 8.84. The molecule has 0 saturated heterocycles. The van der Waals surface area contributed by atoms with Crippen LogP contribution >= 0.6 is 0 Å². The van der Waals surface area contributed by atoms with Gasteiger partial charge in [0.2, 0.25) is 0 Å². The quantitative estimate of drug-likeness (QED) is 0.708. The van der Waals surface area contributed by atoms with E-state index in [9.17, 15) is 13.6 Å². The van der Waals surface area contributed by atoms with Gasteiger partial charge in [0.25, 0.3) is 5.91 Å². The second-order valence-corrected chi connectivity index (χ2v) is 6.70. The molecular formula is C21H18F2N2O2. The van der Waals surface area contributed by atoms with Crippen LogP contribution in [0.2, 0.25) is 0 Å². The predicted molar refractivity (Wildman–Crippen MR) is 97.5 cm³/mol. The number of halogens is 2. The minimum atomic E-state index is -0.765. The third-order valence-corrected chi connectivity index (χ3v) is 4.59. The van der Waals surface area contributed by atoms with Crippen LogP contribution in [0, 0.1) is 17.6 Å². The summed E-state index contributed by atoms with van der Waals surface area (Å²) in [5.74, 6) is -1.83. The molecule has 0 atom stereocenters. The Kier molecular flexibility index (Phi) is 4.71. The van der Waals surface area contributed by atoms with Crippen molar-refractivity contribution in [2.45, 2.75) is 19.4 Å². The van der Waals surface area contributed by atoms with Crippen LogP contribution in [0.5, 0.6) is 5.75 Å². The number of benzene rings is 2. The lowest BCUT2D eigenvalue weighted by Gasteiger charge is -2.12. The van der Waals surface area contributed by atoms with Crippen molar-refractivity contribution in [2.75, 3.05) is 6.61 Å². The van der Waals surface area contributed by atoms with Crippen LogP contribution in [0.4, 0.5) is 8.78 Å². The number of nitrogens with one attached hydrogen (secondary N) is 1. The van der Waals surface area contributed by atoms with Gasteiger partial charge in [-0.05, 0) is 49.1 Å². The fraction of sp³-hybridized carbons (Fsp3) is 0.238. The third kappa shape index (κ3) is 3.89. The molecule has 3 aromatic rings. The standard InChI is InChI=1S/C21H18F2N2O2/c22-17-7-5-16(19(23)20(17)27-12-13-3-4-13)11-25-21(26)15-6-8-18-14(10-15)2-1-9-24-18/h1-2,5-10,13H,3-4,11-12H2,(H,25,26). The minimum Gasteiger partial charge on any atom is -0.487 e. The van der Waals surface area contributed by atoms with Gasteiger partial charge in [-0.2, -0.15) is 0 Å². The van der Waals surface area contributed by atoms with Gasteiger partial charge in [0.15, 0.2) is 17.4 Å². The number of carbonyl (C=O) groups is 1. The van der Waals surface area contributed by atoms with Gasteiger partial charge in [-0.3, -0.25) is 9.78 Å². The molecule has 0 bridgehead atoms. The highest BCUT2D eigenvalue weighted by Crippen LogP contribution is 2.31. The van der Waals surface area contributed by atoms with Gasteiger partial charge >= 0.3 is 0 Å². The summed E-state index contributed by atoms with van der Waals surface area (Å²) in [6, 6.07) is 11.3. The Hall–Kier alpha value is -3.02. The fourth-order valence-electron chi connectivity index (χ4n) is 2.82. The van der Waals surface area contributed by atoms with Gasteiger partial charge in [-0.15, -0.1) is 0 Å². The zero-order valence-electron chi connectivity index (χ0n) is 14.5. The number of ether oxygens (including phenoxy) is 1. The summed E-state index contributed by atoms with van der Waals surface area (Å²) in [5, 5.41) is 3.51. The molecule has 1 fully saturated rings. The number of amides is 1. The molecule has 4 rings (SSSR count). The summed E-state index contributed by atoms with van der Waals surface area (Å²) < 4.78 is 33.7. The number of pyridine rings is 1. The first-order chi connectivity index (χ1) is 13.1. The number of fused-ring (bicyclic) bond motifs is 1. The summed E-state index contributed by atoms with van der Waals surface area (Å²) in [7, 11) is 0. The minimum absolute atomic E-state index is 0.0597. The Morgan fingerprint density at radius 2 is 2.04 bits per heavy atom. The molecule has 1 amide bonds. The number of rotatable bonds is 6. The van der Waals surface area contributed by atoms with Gasteiger partial charge in [0.05, 0.1) is 12.1 Å². The van der Waals surface area contributed by atoms with Crippen LogP contribution in [-0.4, -0.2) is 17.5 Å². The van der Waals surface area contributed by atoms with Gasteiger partial charge in [0, 0.05) is 29.3 Å². The molecular weight excluding hydrogens is 350 g/mol. The summed E-state index contributed by atoms with van der Waals surface area (Å²) in [4.78, 5) is 16.6. The van der Waals surface area contributed by atoms with Crippen molar-refractivity contribution >= 4 is 16.8 Å². The smallest absolute Gasteiger partial charge is 0.251 e. The summed E-state index contributed by atoms with van der Waals surface area (Å²) in [5.41, 5.74) is 1.41. The molecule has 1 heterocycles. The van der Waals surface area contributed by atoms with Crippen molar-refractivity contribution in [3.63, 3.8) is 0 Å². The van der Waals surface area contributed by atoms with Crippen LogP contribution in [0.25, 0.3) is 10.9 Å². The van der Waals surface area contributed by atoms with Crippen molar-refractivity contribution in [1.29, 1.82) is 0 Å². The lowest BCUT2D eigenvalue weighted by molar-refractivity contribution is 0.0950. The monoisotopic (exact) mass is 368 g/mol. The SMILES string of the molecule is O=C(NCc1ccc(F)c(OCC2CC2)c1F)c1ccc2ncccc2c1. The Morgan fingerprint density at radius 1 is 1.19 bits per heavy atom. The maximum atomic E-state index is 14.5. The van der Waals surface area contributed by atoms with Crippen LogP contribution < -0.4 is 10.1 Å². The lowest BCUT2D eigenvalue weighted by Crippen LogP contribution is -2.23. The van der Waals surface area contributed by atoms with E-state index in [4.69, 9.17) is 4.74 Å². The van der Waals surface area contributed by atoms with E-state index in [2.05, 4.69) is 10.3 Å². The predicted octanol–water partition coefficient (Wildman–Crippen LogP) is 4.23. The molecule has 4 nitrogen and oxygen atoms in total. The molecule has 0 spiro atoms. The van der Waals surface area contributed by atoms with Crippen LogP contribution in [-0.2, 0) is 6.54 Å². The molecule has 0 unspecified atom stereocenters. The van der Waals surface area contributed by atoms with Crippen molar-refractivity contribution in [3.05, 3.63) is 71.4 Å².